The van der Waals surface area contributed by atoms with Gasteiger partial charge in [0.25, 0.3) is 0 Å². The van der Waals surface area contributed by atoms with E-state index >= 15 is 0 Å². The van der Waals surface area contributed by atoms with E-state index in [9.17, 15) is 4.79 Å². The summed E-state index contributed by atoms with van der Waals surface area (Å²) in [6.07, 6.45) is 0. The molecule has 0 saturated heterocycles. The summed E-state index contributed by atoms with van der Waals surface area (Å²) < 4.78 is 15.7. The van der Waals surface area contributed by atoms with Crippen LogP contribution < -0.4 is 14.2 Å². The van der Waals surface area contributed by atoms with Crippen molar-refractivity contribution in [3.8, 4) is 17.2 Å². The zero-order valence-electron chi connectivity index (χ0n) is 13.2. The summed E-state index contributed by atoms with van der Waals surface area (Å²) in [7, 11) is 4.64. The Hall–Kier alpha value is -2.82. The second-order valence-electron chi connectivity index (χ2n) is 5.24. The van der Waals surface area contributed by atoms with E-state index in [4.69, 9.17) is 19.6 Å². The smallest absolute Gasteiger partial charge is 0.180 e. The lowest BCUT2D eigenvalue weighted by Crippen LogP contribution is -2.12. The minimum absolute atomic E-state index is 0.130. The van der Waals surface area contributed by atoms with Gasteiger partial charge in [-0.2, -0.15) is 0 Å². The first-order valence-electron chi connectivity index (χ1n) is 7.13. The van der Waals surface area contributed by atoms with Gasteiger partial charge in [-0.15, -0.1) is 0 Å². The Labute approximate surface area is 134 Å². The lowest BCUT2D eigenvalue weighted by atomic mass is 9.94. The number of carbonyl (C=O) groups excluding carboxylic acids is 1. The molecule has 0 aliphatic heterocycles. The molecule has 0 amide bonds. The third-order valence-electron chi connectivity index (χ3n) is 4.07. The third kappa shape index (κ3) is 2.34. The molecule has 1 atom stereocenters. The van der Waals surface area contributed by atoms with Gasteiger partial charge in [-0.05, 0) is 23.8 Å². The minimum Gasteiger partial charge on any atom is -0.497 e. The van der Waals surface area contributed by atoms with Crippen molar-refractivity contribution in [1.82, 2.24) is 0 Å². The van der Waals surface area contributed by atoms with E-state index < -0.39 is 5.92 Å². The molecular weight excluding hydrogens is 294 g/mol. The molecule has 0 bridgehead atoms. The minimum atomic E-state index is -0.628. The summed E-state index contributed by atoms with van der Waals surface area (Å²) in [5.74, 6) is 0.952. The number of carbonyl (C=O) groups is 1. The summed E-state index contributed by atoms with van der Waals surface area (Å²) in [6, 6.07) is 10.6. The van der Waals surface area contributed by atoms with Gasteiger partial charge in [0.1, 0.15) is 17.2 Å². The van der Waals surface area contributed by atoms with Crippen LogP contribution >= 0.6 is 0 Å². The van der Waals surface area contributed by atoms with Gasteiger partial charge in [0.15, 0.2) is 5.78 Å². The molecule has 1 aliphatic rings. The maximum absolute atomic E-state index is 12.8. The van der Waals surface area contributed by atoms with Crippen LogP contribution in [0.5, 0.6) is 17.2 Å². The molecule has 5 heteroatoms. The number of hydrogen-bond acceptors (Lipinski definition) is 5. The fraction of sp³-hybridized carbons (Fsp3) is 0.222. The second kappa shape index (κ2) is 5.76. The average Bonchev–Trinajstić information content (AvgIpc) is 2.85. The zero-order chi connectivity index (χ0) is 16.6. The Balaban J connectivity index is 2.09. The first-order valence-corrected chi connectivity index (χ1v) is 7.13. The molecule has 0 spiro atoms. The summed E-state index contributed by atoms with van der Waals surface area (Å²) in [4.78, 5) is 12.8. The van der Waals surface area contributed by atoms with Gasteiger partial charge in [0.05, 0.1) is 38.5 Å². The molecule has 0 heterocycles. The molecule has 0 aromatic heterocycles. The van der Waals surface area contributed by atoms with Crippen molar-refractivity contribution in [3.63, 3.8) is 0 Å². The van der Waals surface area contributed by atoms with Gasteiger partial charge >= 0.3 is 0 Å². The van der Waals surface area contributed by atoms with Crippen molar-refractivity contribution in [2.75, 3.05) is 21.3 Å². The maximum Gasteiger partial charge on any atom is 0.180 e. The van der Waals surface area contributed by atoms with Gasteiger partial charge in [-0.25, -0.2) is 0 Å². The first-order chi connectivity index (χ1) is 11.1. The standard InChI is InChI=1S/C18H17NO4/c1-21-11-6-4-10(5-7-11)15-17(19)13-8-12(22-2)9-14(23-3)16(13)18(15)20/h4-9,15,19H,1-3H3. The van der Waals surface area contributed by atoms with Crippen molar-refractivity contribution in [3.05, 3.63) is 53.1 Å². The molecule has 2 aromatic rings. The molecule has 2 aromatic carbocycles. The van der Waals surface area contributed by atoms with Crippen LogP contribution in [-0.2, 0) is 0 Å². The van der Waals surface area contributed by atoms with Crippen LogP contribution in [0.25, 0.3) is 0 Å². The van der Waals surface area contributed by atoms with Gasteiger partial charge in [-0.1, -0.05) is 12.1 Å². The van der Waals surface area contributed by atoms with Gasteiger partial charge in [-0.3, -0.25) is 4.79 Å². The van der Waals surface area contributed by atoms with Crippen LogP contribution in [-0.4, -0.2) is 32.8 Å². The maximum atomic E-state index is 12.8. The van der Waals surface area contributed by atoms with E-state index in [0.717, 1.165) is 5.56 Å². The summed E-state index contributed by atoms with van der Waals surface area (Å²) in [5, 5.41) is 8.43. The number of nitrogens with one attached hydrogen (secondary N) is 1. The van der Waals surface area contributed by atoms with Crippen molar-refractivity contribution >= 4 is 11.5 Å². The Morgan fingerprint density at radius 1 is 0.913 bits per heavy atom. The number of hydrogen-bond donors (Lipinski definition) is 1. The van der Waals surface area contributed by atoms with Gasteiger partial charge in [0, 0.05) is 11.6 Å². The molecule has 1 N–H and O–H groups in total. The van der Waals surface area contributed by atoms with Gasteiger partial charge in [0.2, 0.25) is 0 Å². The summed E-state index contributed by atoms with van der Waals surface area (Å²) in [5.41, 5.74) is 2.02. The van der Waals surface area contributed by atoms with Crippen molar-refractivity contribution in [1.29, 1.82) is 5.41 Å². The molecule has 23 heavy (non-hydrogen) atoms. The Morgan fingerprint density at radius 2 is 1.57 bits per heavy atom. The number of fused-ring (bicyclic) bond motifs is 1. The molecular formula is C18H17NO4. The van der Waals surface area contributed by atoms with Crippen molar-refractivity contribution in [2.45, 2.75) is 5.92 Å². The highest BCUT2D eigenvalue weighted by Gasteiger charge is 2.39. The lowest BCUT2D eigenvalue weighted by Gasteiger charge is -2.10. The fourth-order valence-corrected chi connectivity index (χ4v) is 2.88. The zero-order valence-corrected chi connectivity index (χ0v) is 13.2. The average molecular weight is 311 g/mol. The number of methoxy groups -OCH3 is 3. The van der Waals surface area contributed by atoms with Crippen LogP contribution in [0.3, 0.4) is 0 Å². The van der Waals surface area contributed by atoms with Crippen LogP contribution in [0.1, 0.15) is 27.4 Å². The fourth-order valence-electron chi connectivity index (χ4n) is 2.88. The second-order valence-corrected chi connectivity index (χ2v) is 5.24. The molecule has 118 valence electrons. The van der Waals surface area contributed by atoms with Crippen LogP contribution in [0.15, 0.2) is 36.4 Å². The molecule has 0 radical (unpaired) electrons. The van der Waals surface area contributed by atoms with Crippen molar-refractivity contribution in [2.24, 2.45) is 0 Å². The predicted molar refractivity (Wildman–Crippen MR) is 86.4 cm³/mol. The van der Waals surface area contributed by atoms with E-state index in [1.165, 1.54) is 7.11 Å². The Bertz CT molecular complexity index is 780. The number of benzene rings is 2. The first kappa shape index (κ1) is 15.1. The topological polar surface area (TPSA) is 68.6 Å². The highest BCUT2D eigenvalue weighted by atomic mass is 16.5. The molecule has 0 fully saturated rings. The van der Waals surface area contributed by atoms with E-state index in [2.05, 4.69) is 0 Å². The van der Waals surface area contributed by atoms with E-state index in [1.807, 2.05) is 12.1 Å². The van der Waals surface area contributed by atoms with Crippen LogP contribution in [0.2, 0.25) is 0 Å². The van der Waals surface area contributed by atoms with E-state index in [1.54, 1.807) is 38.5 Å². The number of Topliss-reactive ketones (excluding diaryl/α,β-unsaturated/α-hetero) is 1. The van der Waals surface area contributed by atoms with E-state index in [0.29, 0.717) is 28.4 Å². The summed E-state index contributed by atoms with van der Waals surface area (Å²) >= 11 is 0. The molecule has 0 saturated carbocycles. The highest BCUT2D eigenvalue weighted by molar-refractivity contribution is 6.31. The third-order valence-corrected chi connectivity index (χ3v) is 4.07. The lowest BCUT2D eigenvalue weighted by molar-refractivity contribution is 0.0985. The molecule has 3 rings (SSSR count). The summed E-state index contributed by atoms with van der Waals surface area (Å²) in [6.45, 7) is 0. The molecule has 5 nitrogen and oxygen atoms in total. The highest BCUT2D eigenvalue weighted by Crippen LogP contribution is 2.41. The Kier molecular flexibility index (Phi) is 3.78. The van der Waals surface area contributed by atoms with E-state index in [-0.39, 0.29) is 11.5 Å². The van der Waals surface area contributed by atoms with Crippen molar-refractivity contribution < 1.29 is 19.0 Å². The normalized spacial score (nSPS) is 16.2. The van der Waals surface area contributed by atoms with Gasteiger partial charge < -0.3 is 19.6 Å². The Morgan fingerprint density at radius 3 is 2.13 bits per heavy atom. The quantitative estimate of drug-likeness (QED) is 0.942. The predicted octanol–water partition coefficient (Wildman–Crippen LogP) is 3.06. The molecule has 1 aliphatic carbocycles. The van der Waals surface area contributed by atoms with Crippen LogP contribution in [0, 0.1) is 5.41 Å². The van der Waals surface area contributed by atoms with Crippen LogP contribution in [0.4, 0.5) is 0 Å². The number of ether oxygens (including phenoxy) is 3. The number of ketones is 1. The SMILES string of the molecule is COc1ccc(C2C(=N)c3cc(OC)cc(OC)c3C2=O)cc1. The largest absolute Gasteiger partial charge is 0.497 e. The monoisotopic (exact) mass is 311 g/mol. The molecule has 1 unspecified atom stereocenters. The number of rotatable bonds is 4.